The minimum absolute atomic E-state index is 0.571. The van der Waals surface area contributed by atoms with Gasteiger partial charge in [0, 0.05) is 17.2 Å². The summed E-state index contributed by atoms with van der Waals surface area (Å²) in [7, 11) is 0. The minimum Gasteiger partial charge on any atom is -0.290 e. The first-order chi connectivity index (χ1) is 11.0. The summed E-state index contributed by atoms with van der Waals surface area (Å²) in [5.74, 6) is -2.28. The van der Waals surface area contributed by atoms with Crippen LogP contribution in [-0.4, -0.2) is 12.0 Å². The molecule has 118 valence electrons. The molecule has 0 fully saturated rings. The zero-order chi connectivity index (χ0) is 16.4. The Morgan fingerprint density at radius 1 is 1.00 bits per heavy atom. The monoisotopic (exact) mass is 334 g/mol. The standard InChI is InChI=1S/C18H13F3OS/c19-18(20,21)17(22)11-15(16-9-4-10-23-16)14-8-3-6-12-5-1-2-7-13(12)14/h1-10,15H,11H2/t15-/m0/s1. The van der Waals surface area contributed by atoms with E-state index >= 15 is 0 Å². The molecule has 5 heteroatoms. The predicted octanol–water partition coefficient (Wildman–Crippen LogP) is 5.55. The lowest BCUT2D eigenvalue weighted by molar-refractivity contribution is -0.171. The van der Waals surface area contributed by atoms with Crippen molar-refractivity contribution in [1.82, 2.24) is 0 Å². The number of halogens is 3. The normalized spacial score (nSPS) is 13.2. The Labute approximate surface area is 135 Å². The van der Waals surface area contributed by atoms with Crippen molar-refractivity contribution < 1.29 is 18.0 Å². The molecule has 0 aliphatic rings. The van der Waals surface area contributed by atoms with Crippen molar-refractivity contribution >= 4 is 27.9 Å². The van der Waals surface area contributed by atoms with Crippen molar-refractivity contribution in [1.29, 1.82) is 0 Å². The van der Waals surface area contributed by atoms with E-state index in [-0.39, 0.29) is 0 Å². The van der Waals surface area contributed by atoms with Crippen LogP contribution >= 0.6 is 11.3 Å². The fourth-order valence-corrected chi connectivity index (χ4v) is 3.55. The maximum atomic E-state index is 12.7. The first-order valence-electron chi connectivity index (χ1n) is 7.08. The van der Waals surface area contributed by atoms with Gasteiger partial charge in [-0.3, -0.25) is 4.79 Å². The molecule has 3 rings (SSSR count). The van der Waals surface area contributed by atoms with Crippen LogP contribution in [0.5, 0.6) is 0 Å². The molecule has 2 aromatic carbocycles. The summed E-state index contributed by atoms with van der Waals surface area (Å²) >= 11 is 1.37. The predicted molar refractivity (Wildman–Crippen MR) is 85.8 cm³/mol. The molecule has 1 nitrogen and oxygen atoms in total. The Hall–Kier alpha value is -2.14. The van der Waals surface area contributed by atoms with Crippen LogP contribution in [0.25, 0.3) is 10.8 Å². The lowest BCUT2D eigenvalue weighted by Gasteiger charge is -2.18. The van der Waals surface area contributed by atoms with Crippen molar-refractivity contribution in [2.45, 2.75) is 18.5 Å². The quantitative estimate of drug-likeness (QED) is 0.611. The molecule has 23 heavy (non-hydrogen) atoms. The maximum absolute atomic E-state index is 12.7. The Morgan fingerprint density at radius 3 is 2.43 bits per heavy atom. The van der Waals surface area contributed by atoms with Crippen LogP contribution < -0.4 is 0 Å². The van der Waals surface area contributed by atoms with Gasteiger partial charge in [-0.1, -0.05) is 48.5 Å². The van der Waals surface area contributed by atoms with Crippen molar-refractivity contribution in [3.63, 3.8) is 0 Å². The molecule has 1 aromatic heterocycles. The Kier molecular flexibility index (Phi) is 4.22. The van der Waals surface area contributed by atoms with Gasteiger partial charge in [-0.05, 0) is 27.8 Å². The van der Waals surface area contributed by atoms with Gasteiger partial charge in [0.15, 0.2) is 0 Å². The zero-order valence-corrected chi connectivity index (χ0v) is 12.8. The summed E-state index contributed by atoms with van der Waals surface area (Å²) in [6.07, 6.45) is -5.38. The van der Waals surface area contributed by atoms with E-state index < -0.39 is 24.3 Å². The van der Waals surface area contributed by atoms with Gasteiger partial charge in [0.05, 0.1) is 0 Å². The first-order valence-corrected chi connectivity index (χ1v) is 7.96. The van der Waals surface area contributed by atoms with Gasteiger partial charge < -0.3 is 0 Å². The van der Waals surface area contributed by atoms with Crippen molar-refractivity contribution in [2.75, 3.05) is 0 Å². The molecule has 3 aromatic rings. The van der Waals surface area contributed by atoms with Crippen LogP contribution in [0.4, 0.5) is 13.2 Å². The third-order valence-electron chi connectivity index (χ3n) is 3.79. The summed E-state index contributed by atoms with van der Waals surface area (Å²) < 4.78 is 38.2. The maximum Gasteiger partial charge on any atom is 0.450 e. The SMILES string of the molecule is O=C(C[C@H](c1cccs1)c1cccc2ccccc12)C(F)(F)F. The summed E-state index contributed by atoms with van der Waals surface area (Å²) in [5, 5.41) is 3.64. The minimum atomic E-state index is -4.81. The second-order valence-electron chi connectivity index (χ2n) is 5.26. The second kappa shape index (κ2) is 6.16. The van der Waals surface area contributed by atoms with Crippen LogP contribution in [0.2, 0.25) is 0 Å². The molecule has 0 bridgehead atoms. The number of rotatable bonds is 4. The lowest BCUT2D eigenvalue weighted by atomic mass is 9.88. The molecule has 0 N–H and O–H groups in total. The van der Waals surface area contributed by atoms with E-state index in [0.717, 1.165) is 21.2 Å². The average Bonchev–Trinajstić information content (AvgIpc) is 3.05. The van der Waals surface area contributed by atoms with Gasteiger partial charge in [0.25, 0.3) is 0 Å². The van der Waals surface area contributed by atoms with E-state index in [1.807, 2.05) is 41.8 Å². The van der Waals surface area contributed by atoms with Crippen molar-refractivity contribution in [3.05, 3.63) is 70.4 Å². The summed E-state index contributed by atoms with van der Waals surface area (Å²) in [5.41, 5.74) is 0.753. The number of Topliss-reactive ketones (excluding diaryl/α,β-unsaturated/α-hetero) is 1. The molecule has 0 amide bonds. The molecule has 0 spiro atoms. The van der Waals surface area contributed by atoms with Crippen LogP contribution in [0, 0.1) is 0 Å². The Balaban J connectivity index is 2.10. The fourth-order valence-electron chi connectivity index (χ4n) is 2.71. The number of carbonyl (C=O) groups is 1. The highest BCUT2D eigenvalue weighted by Gasteiger charge is 2.40. The molecule has 0 saturated heterocycles. The molecule has 0 saturated carbocycles. The van der Waals surface area contributed by atoms with E-state index in [9.17, 15) is 18.0 Å². The number of carbonyl (C=O) groups excluding carboxylic acids is 1. The molecular formula is C18H13F3OS. The lowest BCUT2D eigenvalue weighted by Crippen LogP contribution is -2.24. The van der Waals surface area contributed by atoms with Gasteiger partial charge in [0.2, 0.25) is 5.78 Å². The van der Waals surface area contributed by atoms with Gasteiger partial charge in [0.1, 0.15) is 0 Å². The van der Waals surface area contributed by atoms with E-state index in [2.05, 4.69) is 0 Å². The average molecular weight is 334 g/mol. The molecule has 1 heterocycles. The fraction of sp³-hybridized carbons (Fsp3) is 0.167. The molecule has 0 radical (unpaired) electrons. The molecular weight excluding hydrogens is 321 g/mol. The summed E-state index contributed by atoms with van der Waals surface area (Å²) in [6.45, 7) is 0. The van der Waals surface area contributed by atoms with E-state index in [0.29, 0.717) is 0 Å². The highest BCUT2D eigenvalue weighted by atomic mass is 32.1. The highest BCUT2D eigenvalue weighted by Crippen LogP contribution is 2.37. The number of fused-ring (bicyclic) bond motifs is 1. The first kappa shape index (κ1) is 15.7. The Morgan fingerprint density at radius 2 is 1.74 bits per heavy atom. The van der Waals surface area contributed by atoms with Gasteiger partial charge in [-0.25, -0.2) is 0 Å². The second-order valence-corrected chi connectivity index (χ2v) is 6.24. The summed E-state index contributed by atoms with van der Waals surface area (Å²) in [6, 6.07) is 16.6. The molecule has 0 aliphatic heterocycles. The Bertz CT molecular complexity index is 816. The van der Waals surface area contributed by atoms with Gasteiger partial charge in [-0.15, -0.1) is 11.3 Å². The number of ketones is 1. The van der Waals surface area contributed by atoms with Crippen LogP contribution in [0.3, 0.4) is 0 Å². The zero-order valence-electron chi connectivity index (χ0n) is 12.0. The van der Waals surface area contributed by atoms with E-state index in [4.69, 9.17) is 0 Å². The topological polar surface area (TPSA) is 17.1 Å². The number of benzene rings is 2. The smallest absolute Gasteiger partial charge is 0.290 e. The highest BCUT2D eigenvalue weighted by molar-refractivity contribution is 7.10. The van der Waals surface area contributed by atoms with Gasteiger partial charge in [-0.2, -0.15) is 13.2 Å². The van der Waals surface area contributed by atoms with Crippen LogP contribution in [0.15, 0.2) is 60.0 Å². The van der Waals surface area contributed by atoms with Crippen LogP contribution in [-0.2, 0) is 4.79 Å². The van der Waals surface area contributed by atoms with E-state index in [1.54, 1.807) is 18.2 Å². The van der Waals surface area contributed by atoms with Crippen LogP contribution in [0.1, 0.15) is 22.8 Å². The largest absolute Gasteiger partial charge is 0.450 e. The summed E-state index contributed by atoms with van der Waals surface area (Å²) in [4.78, 5) is 12.3. The number of hydrogen-bond donors (Lipinski definition) is 0. The number of alkyl halides is 3. The van der Waals surface area contributed by atoms with Crippen molar-refractivity contribution in [3.8, 4) is 0 Å². The van der Waals surface area contributed by atoms with Crippen molar-refractivity contribution in [2.24, 2.45) is 0 Å². The molecule has 1 atom stereocenters. The molecule has 0 unspecified atom stereocenters. The van der Waals surface area contributed by atoms with E-state index in [1.165, 1.54) is 11.3 Å². The third kappa shape index (κ3) is 3.29. The number of thiophene rings is 1. The number of hydrogen-bond acceptors (Lipinski definition) is 2. The van der Waals surface area contributed by atoms with Gasteiger partial charge >= 0.3 is 6.18 Å². The molecule has 0 aliphatic carbocycles. The third-order valence-corrected chi connectivity index (χ3v) is 4.78.